The molecule has 0 saturated carbocycles. The van der Waals surface area contributed by atoms with Crippen molar-refractivity contribution in [3.8, 4) is 5.81 Å². The minimum absolute atomic E-state index is 0.469. The second-order valence-corrected chi connectivity index (χ2v) is 6.14. The van der Waals surface area contributed by atoms with Gasteiger partial charge in [0, 0.05) is 0 Å². The quantitative estimate of drug-likeness (QED) is 0.644. The van der Waals surface area contributed by atoms with Crippen LogP contribution in [-0.4, -0.2) is 14.2 Å². The molecule has 1 aliphatic heterocycles. The summed E-state index contributed by atoms with van der Waals surface area (Å²) in [5.41, 5.74) is 0. The van der Waals surface area contributed by atoms with Gasteiger partial charge in [0.2, 0.25) is 0 Å². The van der Waals surface area contributed by atoms with E-state index in [0.717, 1.165) is 0 Å². The Labute approximate surface area is 77.6 Å². The molecule has 13 heavy (non-hydrogen) atoms. The van der Waals surface area contributed by atoms with Crippen LogP contribution in [0.3, 0.4) is 0 Å². The van der Waals surface area contributed by atoms with Gasteiger partial charge in [0.15, 0.2) is 0 Å². The molecule has 0 bridgehead atoms. The Balaban J connectivity index is 3.27. The standard InChI is InChI=1S/C8H12NO3P/c1-7-5-8(2)13(6-9,10-3,11-4)12-7/h5H,2H2,1,3-4H3. The van der Waals surface area contributed by atoms with Crippen LogP contribution in [0.25, 0.3) is 0 Å². The molecule has 1 heterocycles. The molecule has 1 aliphatic rings. The van der Waals surface area contributed by atoms with Gasteiger partial charge in [-0.25, -0.2) is 0 Å². The fourth-order valence-electron chi connectivity index (χ4n) is 1.24. The Hall–Kier alpha value is -0.880. The summed E-state index contributed by atoms with van der Waals surface area (Å²) < 4.78 is 15.7. The number of hydrogen-bond donors (Lipinski definition) is 0. The maximum atomic E-state index is 9.09. The first kappa shape index (κ1) is 10.2. The van der Waals surface area contributed by atoms with E-state index < -0.39 is 7.28 Å². The molecule has 0 N–H and O–H groups in total. The SMILES string of the molecule is C=C1C=C(C)OP1(C#N)(OC)OC. The predicted molar refractivity (Wildman–Crippen MR) is 50.5 cm³/mol. The second-order valence-electron chi connectivity index (χ2n) is 2.69. The molecule has 0 aromatic carbocycles. The molecule has 0 fully saturated rings. The second kappa shape index (κ2) is 2.81. The van der Waals surface area contributed by atoms with Crippen LogP contribution in [0.5, 0.6) is 0 Å². The molecule has 0 aromatic heterocycles. The van der Waals surface area contributed by atoms with Crippen LogP contribution in [0.2, 0.25) is 0 Å². The molecule has 4 nitrogen and oxygen atoms in total. The van der Waals surface area contributed by atoms with E-state index in [1.807, 2.05) is 5.81 Å². The summed E-state index contributed by atoms with van der Waals surface area (Å²) in [4.78, 5) is 0. The third-order valence-electron chi connectivity index (χ3n) is 2.01. The first-order valence-corrected chi connectivity index (χ1v) is 5.66. The number of nitrogens with zero attached hydrogens (tertiary/aromatic N) is 1. The van der Waals surface area contributed by atoms with Gasteiger partial charge in [0.05, 0.1) is 0 Å². The average molecular weight is 201 g/mol. The molecule has 0 unspecified atom stereocenters. The van der Waals surface area contributed by atoms with E-state index in [2.05, 4.69) is 6.58 Å². The Morgan fingerprint density at radius 3 is 2.23 bits per heavy atom. The van der Waals surface area contributed by atoms with Gasteiger partial charge in [-0.2, -0.15) is 0 Å². The van der Waals surface area contributed by atoms with Crippen LogP contribution < -0.4 is 0 Å². The van der Waals surface area contributed by atoms with Gasteiger partial charge >= 0.3 is 76.8 Å². The molecular formula is C8H12NO3P. The molecule has 0 amide bonds. The van der Waals surface area contributed by atoms with Gasteiger partial charge in [0.1, 0.15) is 0 Å². The third kappa shape index (κ3) is 1.09. The van der Waals surface area contributed by atoms with E-state index >= 15 is 0 Å². The molecule has 0 atom stereocenters. The van der Waals surface area contributed by atoms with Crippen LogP contribution in [0.15, 0.2) is 23.7 Å². The maximum absolute atomic E-state index is 9.09. The van der Waals surface area contributed by atoms with E-state index in [0.29, 0.717) is 11.1 Å². The van der Waals surface area contributed by atoms with Crippen molar-refractivity contribution < 1.29 is 13.6 Å². The Morgan fingerprint density at radius 2 is 2.08 bits per heavy atom. The monoisotopic (exact) mass is 201 g/mol. The molecule has 5 heteroatoms. The summed E-state index contributed by atoms with van der Waals surface area (Å²) in [6.07, 6.45) is 1.66. The van der Waals surface area contributed by atoms with Gasteiger partial charge in [-0.05, 0) is 0 Å². The van der Waals surface area contributed by atoms with Crippen molar-refractivity contribution in [1.82, 2.24) is 0 Å². The average Bonchev–Trinajstić information content (AvgIpc) is 2.40. The first-order chi connectivity index (χ1) is 6.02. The van der Waals surface area contributed by atoms with Crippen molar-refractivity contribution >= 4 is 7.28 Å². The molecular weight excluding hydrogens is 189 g/mol. The summed E-state index contributed by atoms with van der Waals surface area (Å²) in [5.74, 6) is 2.57. The summed E-state index contributed by atoms with van der Waals surface area (Å²) in [5, 5.41) is 9.56. The Morgan fingerprint density at radius 1 is 1.54 bits per heavy atom. The van der Waals surface area contributed by atoms with Crippen molar-refractivity contribution in [1.29, 1.82) is 5.26 Å². The van der Waals surface area contributed by atoms with Gasteiger partial charge < -0.3 is 0 Å². The van der Waals surface area contributed by atoms with Crippen molar-refractivity contribution in [3.63, 3.8) is 0 Å². The fourth-order valence-corrected chi connectivity index (χ4v) is 3.44. The number of hydrogen-bond acceptors (Lipinski definition) is 4. The van der Waals surface area contributed by atoms with E-state index in [1.54, 1.807) is 13.0 Å². The van der Waals surface area contributed by atoms with Gasteiger partial charge in [0.25, 0.3) is 0 Å². The zero-order valence-corrected chi connectivity index (χ0v) is 8.80. The van der Waals surface area contributed by atoms with Crippen LogP contribution in [0.4, 0.5) is 0 Å². The van der Waals surface area contributed by atoms with Crippen LogP contribution >= 0.6 is 7.28 Å². The topological polar surface area (TPSA) is 51.5 Å². The van der Waals surface area contributed by atoms with Crippen LogP contribution in [0.1, 0.15) is 6.92 Å². The third-order valence-corrected chi connectivity index (χ3v) is 5.42. The minimum atomic E-state index is -3.72. The van der Waals surface area contributed by atoms with Crippen molar-refractivity contribution in [2.24, 2.45) is 0 Å². The number of rotatable bonds is 2. The predicted octanol–water partition coefficient (Wildman–Crippen LogP) is 2.51. The zero-order chi connectivity index (χ0) is 10.1. The molecule has 0 spiro atoms. The van der Waals surface area contributed by atoms with Gasteiger partial charge in [-0.15, -0.1) is 0 Å². The molecule has 1 rings (SSSR count). The Bertz CT molecular complexity index is 325. The molecule has 0 saturated heterocycles. The van der Waals surface area contributed by atoms with E-state index in [-0.39, 0.29) is 0 Å². The molecule has 0 radical (unpaired) electrons. The molecule has 0 aliphatic carbocycles. The van der Waals surface area contributed by atoms with E-state index in [9.17, 15) is 0 Å². The summed E-state index contributed by atoms with van der Waals surface area (Å²) in [7, 11) is -0.942. The number of allylic oxidation sites excluding steroid dienone is 3. The Kier molecular flexibility index (Phi) is 2.21. The zero-order valence-electron chi connectivity index (χ0n) is 7.90. The van der Waals surface area contributed by atoms with Gasteiger partial charge in [-0.3, -0.25) is 0 Å². The van der Waals surface area contributed by atoms with Crippen molar-refractivity contribution in [2.45, 2.75) is 6.92 Å². The van der Waals surface area contributed by atoms with Crippen LogP contribution in [0, 0.1) is 11.1 Å². The molecule has 0 aromatic rings. The summed E-state index contributed by atoms with van der Waals surface area (Å²) in [6, 6.07) is 0. The van der Waals surface area contributed by atoms with E-state index in [1.165, 1.54) is 14.2 Å². The van der Waals surface area contributed by atoms with Crippen LogP contribution in [-0.2, 0) is 13.6 Å². The normalized spacial score (nSPS) is 26.5. The van der Waals surface area contributed by atoms with Crippen molar-refractivity contribution in [2.75, 3.05) is 14.2 Å². The molecule has 72 valence electrons. The summed E-state index contributed by atoms with van der Waals surface area (Å²) in [6.45, 7) is 5.46. The van der Waals surface area contributed by atoms with Crippen molar-refractivity contribution in [3.05, 3.63) is 23.7 Å². The van der Waals surface area contributed by atoms with E-state index in [4.69, 9.17) is 18.8 Å². The first-order valence-electron chi connectivity index (χ1n) is 3.67. The summed E-state index contributed by atoms with van der Waals surface area (Å²) >= 11 is 0. The number of nitriles is 1. The fraction of sp³-hybridized carbons (Fsp3) is 0.375. The van der Waals surface area contributed by atoms with Gasteiger partial charge in [-0.1, -0.05) is 0 Å².